The number of cyclic esters (lactones) is 1. The standard InChI is InChI=1S/C10H10BrNO3/c1-2-14-10-12-8-4-3-6(11)5-7(8)9(13)15-10/h3-5,10,12H,2H2,1H3/t10-/m1/s1. The molecule has 80 valence electrons. The fourth-order valence-corrected chi connectivity index (χ4v) is 1.72. The Morgan fingerprint density at radius 3 is 3.13 bits per heavy atom. The van der Waals surface area contributed by atoms with Crippen molar-refractivity contribution >= 4 is 27.6 Å². The molecule has 0 saturated heterocycles. The number of carbonyl (C=O) groups is 1. The summed E-state index contributed by atoms with van der Waals surface area (Å²) in [6.45, 7) is 2.32. The van der Waals surface area contributed by atoms with Crippen LogP contribution in [-0.4, -0.2) is 19.0 Å². The minimum Gasteiger partial charge on any atom is -0.413 e. The normalized spacial score (nSPS) is 19.1. The van der Waals surface area contributed by atoms with E-state index in [1.54, 1.807) is 6.07 Å². The van der Waals surface area contributed by atoms with Crippen molar-refractivity contribution in [2.24, 2.45) is 0 Å². The van der Waals surface area contributed by atoms with Gasteiger partial charge in [0.05, 0.1) is 11.3 Å². The second kappa shape index (κ2) is 4.20. The van der Waals surface area contributed by atoms with Gasteiger partial charge >= 0.3 is 5.97 Å². The van der Waals surface area contributed by atoms with Gasteiger partial charge in [-0.15, -0.1) is 0 Å². The number of hydrogen-bond donors (Lipinski definition) is 1. The average molecular weight is 272 g/mol. The Morgan fingerprint density at radius 2 is 2.40 bits per heavy atom. The predicted molar refractivity (Wildman–Crippen MR) is 58.6 cm³/mol. The largest absolute Gasteiger partial charge is 0.413 e. The Labute approximate surface area is 95.7 Å². The molecule has 1 aromatic carbocycles. The van der Waals surface area contributed by atoms with Crippen molar-refractivity contribution in [1.29, 1.82) is 0 Å². The lowest BCUT2D eigenvalue weighted by atomic mass is 10.1. The molecular weight excluding hydrogens is 262 g/mol. The number of esters is 1. The Balaban J connectivity index is 2.28. The highest BCUT2D eigenvalue weighted by Gasteiger charge is 2.25. The van der Waals surface area contributed by atoms with Crippen LogP contribution in [-0.2, 0) is 9.47 Å². The Hall–Kier alpha value is -1.07. The molecule has 15 heavy (non-hydrogen) atoms. The molecule has 0 aliphatic carbocycles. The summed E-state index contributed by atoms with van der Waals surface area (Å²) < 4.78 is 11.0. The number of ether oxygens (including phenoxy) is 2. The smallest absolute Gasteiger partial charge is 0.343 e. The molecule has 5 heteroatoms. The number of halogens is 1. The topological polar surface area (TPSA) is 47.6 Å². The first-order chi connectivity index (χ1) is 7.20. The first-order valence-corrected chi connectivity index (χ1v) is 5.38. The summed E-state index contributed by atoms with van der Waals surface area (Å²) in [6, 6.07) is 5.38. The van der Waals surface area contributed by atoms with E-state index in [1.165, 1.54) is 0 Å². The van der Waals surface area contributed by atoms with E-state index >= 15 is 0 Å². The highest BCUT2D eigenvalue weighted by molar-refractivity contribution is 9.10. The van der Waals surface area contributed by atoms with E-state index in [4.69, 9.17) is 9.47 Å². The van der Waals surface area contributed by atoms with Crippen molar-refractivity contribution in [1.82, 2.24) is 0 Å². The predicted octanol–water partition coefficient (Wildman–Crippen LogP) is 2.35. The van der Waals surface area contributed by atoms with Gasteiger partial charge in [0, 0.05) is 11.1 Å². The van der Waals surface area contributed by atoms with Crippen molar-refractivity contribution in [2.45, 2.75) is 13.3 Å². The van der Waals surface area contributed by atoms with Gasteiger partial charge in [-0.2, -0.15) is 0 Å². The molecule has 1 atom stereocenters. The van der Waals surface area contributed by atoms with Gasteiger partial charge in [0.1, 0.15) is 0 Å². The fourth-order valence-electron chi connectivity index (χ4n) is 1.36. The van der Waals surface area contributed by atoms with Gasteiger partial charge in [0.15, 0.2) is 0 Å². The van der Waals surface area contributed by atoms with Crippen LogP contribution < -0.4 is 5.32 Å². The molecule has 0 saturated carbocycles. The molecule has 1 N–H and O–H groups in total. The highest BCUT2D eigenvalue weighted by atomic mass is 79.9. The molecule has 0 aromatic heterocycles. The summed E-state index contributed by atoms with van der Waals surface area (Å²) in [5, 5.41) is 2.97. The quantitative estimate of drug-likeness (QED) is 0.839. The van der Waals surface area contributed by atoms with E-state index in [1.807, 2.05) is 19.1 Å². The van der Waals surface area contributed by atoms with Crippen LogP contribution in [0.2, 0.25) is 0 Å². The second-order valence-corrected chi connectivity index (χ2v) is 3.94. The average Bonchev–Trinajstić information content (AvgIpc) is 2.20. The molecular formula is C10H10BrNO3. The maximum absolute atomic E-state index is 11.6. The number of benzene rings is 1. The van der Waals surface area contributed by atoms with E-state index in [0.717, 1.165) is 10.2 Å². The maximum atomic E-state index is 11.6. The van der Waals surface area contributed by atoms with Gasteiger partial charge in [-0.3, -0.25) is 0 Å². The van der Waals surface area contributed by atoms with Crippen LogP contribution in [0.5, 0.6) is 0 Å². The third-order valence-corrected chi connectivity index (χ3v) is 2.50. The minimum atomic E-state index is -0.684. The van der Waals surface area contributed by atoms with Crippen molar-refractivity contribution < 1.29 is 14.3 Å². The molecule has 1 aliphatic rings. The molecule has 0 fully saturated rings. The molecule has 0 spiro atoms. The summed E-state index contributed by atoms with van der Waals surface area (Å²) in [7, 11) is 0. The molecule has 0 amide bonds. The lowest BCUT2D eigenvalue weighted by Crippen LogP contribution is -2.34. The van der Waals surface area contributed by atoms with Crippen LogP contribution in [0, 0.1) is 0 Å². The zero-order valence-electron chi connectivity index (χ0n) is 8.12. The first kappa shape index (κ1) is 10.4. The summed E-state index contributed by atoms with van der Waals surface area (Å²) in [4.78, 5) is 11.6. The number of nitrogens with one attached hydrogen (secondary N) is 1. The zero-order chi connectivity index (χ0) is 10.8. The Kier molecular flexibility index (Phi) is 2.93. The van der Waals surface area contributed by atoms with Crippen molar-refractivity contribution in [3.8, 4) is 0 Å². The monoisotopic (exact) mass is 271 g/mol. The van der Waals surface area contributed by atoms with Gasteiger partial charge in [0.25, 0.3) is 6.41 Å². The third-order valence-electron chi connectivity index (χ3n) is 2.01. The molecule has 0 radical (unpaired) electrons. The molecule has 1 aliphatic heterocycles. The van der Waals surface area contributed by atoms with Crippen LogP contribution in [0.4, 0.5) is 5.69 Å². The molecule has 4 nitrogen and oxygen atoms in total. The Bertz CT molecular complexity index is 394. The van der Waals surface area contributed by atoms with Gasteiger partial charge in [-0.25, -0.2) is 4.79 Å². The minimum absolute atomic E-state index is 0.372. The highest BCUT2D eigenvalue weighted by Crippen LogP contribution is 2.26. The van der Waals surface area contributed by atoms with Crippen LogP contribution in [0.3, 0.4) is 0 Å². The second-order valence-electron chi connectivity index (χ2n) is 3.03. The lowest BCUT2D eigenvalue weighted by molar-refractivity contribution is -0.0912. The number of anilines is 1. The van der Waals surface area contributed by atoms with Crippen LogP contribution in [0.25, 0.3) is 0 Å². The molecule has 2 rings (SSSR count). The Morgan fingerprint density at radius 1 is 1.60 bits per heavy atom. The number of carbonyl (C=O) groups excluding carboxylic acids is 1. The number of hydrogen-bond acceptors (Lipinski definition) is 4. The van der Waals surface area contributed by atoms with Gasteiger partial charge in [0.2, 0.25) is 0 Å². The van der Waals surface area contributed by atoms with Gasteiger partial charge in [-0.1, -0.05) is 15.9 Å². The van der Waals surface area contributed by atoms with Gasteiger partial charge in [-0.05, 0) is 25.1 Å². The van der Waals surface area contributed by atoms with Crippen LogP contribution >= 0.6 is 15.9 Å². The molecule has 1 aromatic rings. The van der Waals surface area contributed by atoms with Gasteiger partial charge < -0.3 is 14.8 Å². The number of rotatable bonds is 2. The van der Waals surface area contributed by atoms with E-state index in [0.29, 0.717) is 12.2 Å². The first-order valence-electron chi connectivity index (χ1n) is 4.59. The molecule has 0 bridgehead atoms. The summed E-state index contributed by atoms with van der Waals surface area (Å²) in [6.07, 6.45) is -0.684. The molecule has 1 heterocycles. The maximum Gasteiger partial charge on any atom is 0.343 e. The van der Waals surface area contributed by atoms with Crippen molar-refractivity contribution in [2.75, 3.05) is 11.9 Å². The fraction of sp³-hybridized carbons (Fsp3) is 0.300. The summed E-state index contributed by atoms with van der Waals surface area (Å²) in [5.41, 5.74) is 1.24. The van der Waals surface area contributed by atoms with Crippen molar-refractivity contribution in [3.63, 3.8) is 0 Å². The van der Waals surface area contributed by atoms with E-state index in [9.17, 15) is 4.79 Å². The van der Waals surface area contributed by atoms with Crippen LogP contribution in [0.15, 0.2) is 22.7 Å². The number of fused-ring (bicyclic) bond motifs is 1. The van der Waals surface area contributed by atoms with Crippen LogP contribution in [0.1, 0.15) is 17.3 Å². The van der Waals surface area contributed by atoms with E-state index in [2.05, 4.69) is 21.2 Å². The van der Waals surface area contributed by atoms with E-state index in [-0.39, 0.29) is 5.97 Å². The van der Waals surface area contributed by atoms with E-state index < -0.39 is 6.41 Å². The summed E-state index contributed by atoms with van der Waals surface area (Å²) >= 11 is 3.30. The SMILES string of the molecule is CCO[C@H]1Nc2ccc(Br)cc2C(=O)O1. The third kappa shape index (κ3) is 2.13. The lowest BCUT2D eigenvalue weighted by Gasteiger charge is -2.25. The van der Waals surface area contributed by atoms with Crippen molar-refractivity contribution in [3.05, 3.63) is 28.2 Å². The zero-order valence-corrected chi connectivity index (χ0v) is 9.71. The summed E-state index contributed by atoms with van der Waals surface area (Å²) in [5.74, 6) is -0.372. The molecule has 0 unspecified atom stereocenters.